The first-order valence-corrected chi connectivity index (χ1v) is 7.94. The third-order valence-corrected chi connectivity index (χ3v) is 4.23. The van der Waals surface area contributed by atoms with Gasteiger partial charge in [0.05, 0.1) is 6.42 Å². The molecule has 0 spiro atoms. The summed E-state index contributed by atoms with van der Waals surface area (Å²) in [6, 6.07) is 13.5. The van der Waals surface area contributed by atoms with Crippen LogP contribution in [0.15, 0.2) is 46.9 Å². The van der Waals surface area contributed by atoms with Crippen molar-refractivity contribution in [2.45, 2.75) is 32.1 Å². The highest BCUT2D eigenvalue weighted by Crippen LogP contribution is 2.40. The van der Waals surface area contributed by atoms with Crippen LogP contribution in [0.1, 0.15) is 35.8 Å². The van der Waals surface area contributed by atoms with Crippen molar-refractivity contribution in [2.24, 2.45) is 0 Å². The molecule has 23 heavy (non-hydrogen) atoms. The molecule has 1 amide bonds. The number of oxazole rings is 1. The number of hydrogen-bond acceptors (Lipinski definition) is 3. The Hall–Kier alpha value is -2.62. The van der Waals surface area contributed by atoms with E-state index in [2.05, 4.69) is 10.3 Å². The Morgan fingerprint density at radius 1 is 1.26 bits per heavy atom. The summed E-state index contributed by atoms with van der Waals surface area (Å²) in [4.78, 5) is 16.8. The van der Waals surface area contributed by atoms with Gasteiger partial charge in [-0.15, -0.1) is 0 Å². The van der Waals surface area contributed by atoms with Crippen LogP contribution < -0.4 is 5.32 Å². The lowest BCUT2D eigenvalue weighted by Crippen LogP contribution is -2.14. The van der Waals surface area contributed by atoms with Gasteiger partial charge in [0.15, 0.2) is 11.5 Å². The van der Waals surface area contributed by atoms with Gasteiger partial charge in [0, 0.05) is 11.6 Å². The molecule has 2 aromatic carbocycles. The van der Waals surface area contributed by atoms with Gasteiger partial charge < -0.3 is 9.73 Å². The number of aromatic nitrogens is 1. The van der Waals surface area contributed by atoms with Crippen LogP contribution in [0.4, 0.5) is 5.69 Å². The molecule has 0 unspecified atom stereocenters. The number of anilines is 1. The highest BCUT2D eigenvalue weighted by molar-refractivity contribution is 5.94. The number of amides is 1. The molecule has 4 heteroatoms. The monoisotopic (exact) mass is 306 g/mol. The van der Waals surface area contributed by atoms with Gasteiger partial charge in [0.25, 0.3) is 0 Å². The average Bonchev–Trinajstić information content (AvgIpc) is 3.29. The van der Waals surface area contributed by atoms with Crippen LogP contribution in [0.3, 0.4) is 0 Å². The quantitative estimate of drug-likeness (QED) is 0.786. The van der Waals surface area contributed by atoms with Crippen LogP contribution in [-0.2, 0) is 11.2 Å². The van der Waals surface area contributed by atoms with Crippen LogP contribution in [-0.4, -0.2) is 10.9 Å². The molecular weight excluding hydrogens is 288 g/mol. The highest BCUT2D eigenvalue weighted by Gasteiger charge is 2.28. The Kier molecular flexibility index (Phi) is 3.37. The summed E-state index contributed by atoms with van der Waals surface area (Å²) < 4.78 is 5.74. The van der Waals surface area contributed by atoms with Crippen LogP contribution in [0.5, 0.6) is 0 Å². The summed E-state index contributed by atoms with van der Waals surface area (Å²) in [7, 11) is 0. The first-order valence-electron chi connectivity index (χ1n) is 7.94. The Balaban J connectivity index is 1.50. The van der Waals surface area contributed by atoms with Gasteiger partial charge in [-0.1, -0.05) is 24.3 Å². The van der Waals surface area contributed by atoms with Gasteiger partial charge in [-0.05, 0) is 49.1 Å². The minimum absolute atomic E-state index is 0.0236. The number of nitrogens with one attached hydrogen (secondary N) is 1. The molecule has 1 aliphatic rings. The van der Waals surface area contributed by atoms with Gasteiger partial charge in [0.2, 0.25) is 5.91 Å². The van der Waals surface area contributed by atoms with Crippen molar-refractivity contribution >= 4 is 22.7 Å². The molecule has 1 aliphatic carbocycles. The van der Waals surface area contributed by atoms with Crippen LogP contribution in [0.2, 0.25) is 0 Å². The molecule has 1 aromatic heterocycles. The number of rotatable bonds is 4. The van der Waals surface area contributed by atoms with E-state index in [1.807, 2.05) is 49.4 Å². The number of carbonyl (C=O) groups excluding carboxylic acids is 1. The van der Waals surface area contributed by atoms with E-state index in [-0.39, 0.29) is 5.91 Å². The lowest BCUT2D eigenvalue weighted by Gasteiger charge is -2.07. The minimum Gasteiger partial charge on any atom is -0.440 e. The maximum Gasteiger partial charge on any atom is 0.228 e. The van der Waals surface area contributed by atoms with E-state index in [0.29, 0.717) is 12.3 Å². The first-order chi connectivity index (χ1) is 11.2. The SMILES string of the molecule is Cc1ccccc1CC(=O)Nc1ccc2oc(C3CC3)nc2c1. The zero-order valence-electron chi connectivity index (χ0n) is 13.0. The smallest absolute Gasteiger partial charge is 0.228 e. The molecule has 0 aliphatic heterocycles. The number of fused-ring (bicyclic) bond motifs is 1. The number of benzene rings is 2. The standard InChI is InChI=1S/C19H18N2O2/c1-12-4-2-3-5-14(12)10-18(22)20-15-8-9-17-16(11-15)21-19(23-17)13-6-7-13/h2-5,8-9,11,13H,6-7,10H2,1H3,(H,20,22). The largest absolute Gasteiger partial charge is 0.440 e. The predicted molar refractivity (Wildman–Crippen MR) is 89.5 cm³/mol. The molecule has 4 rings (SSSR count). The predicted octanol–water partition coefficient (Wildman–Crippen LogP) is 4.19. The van der Waals surface area contributed by atoms with E-state index < -0.39 is 0 Å². The lowest BCUT2D eigenvalue weighted by molar-refractivity contribution is -0.115. The lowest BCUT2D eigenvalue weighted by atomic mass is 10.1. The molecule has 1 saturated carbocycles. The van der Waals surface area contributed by atoms with E-state index in [1.54, 1.807) is 0 Å². The average molecular weight is 306 g/mol. The van der Waals surface area contributed by atoms with Crippen LogP contribution in [0.25, 0.3) is 11.1 Å². The second kappa shape index (κ2) is 5.54. The van der Waals surface area contributed by atoms with Crippen molar-refractivity contribution in [1.82, 2.24) is 4.98 Å². The highest BCUT2D eigenvalue weighted by atomic mass is 16.3. The van der Waals surface area contributed by atoms with Crippen molar-refractivity contribution in [3.63, 3.8) is 0 Å². The third-order valence-electron chi connectivity index (χ3n) is 4.23. The number of nitrogens with zero attached hydrogens (tertiary/aromatic N) is 1. The summed E-state index contributed by atoms with van der Waals surface area (Å²) in [5, 5.41) is 2.94. The second-order valence-electron chi connectivity index (χ2n) is 6.16. The fraction of sp³-hybridized carbons (Fsp3) is 0.263. The van der Waals surface area contributed by atoms with Crippen molar-refractivity contribution in [2.75, 3.05) is 5.32 Å². The van der Waals surface area contributed by atoms with E-state index in [1.165, 1.54) is 0 Å². The molecule has 4 nitrogen and oxygen atoms in total. The Labute approximate surface area is 134 Å². The van der Waals surface area contributed by atoms with Crippen molar-refractivity contribution in [3.8, 4) is 0 Å². The van der Waals surface area contributed by atoms with Crippen LogP contribution in [0, 0.1) is 6.92 Å². The third kappa shape index (κ3) is 2.97. The molecule has 0 radical (unpaired) electrons. The number of aryl methyl sites for hydroxylation is 1. The van der Waals surface area contributed by atoms with Crippen molar-refractivity contribution in [3.05, 3.63) is 59.5 Å². The summed E-state index contributed by atoms with van der Waals surface area (Å²) in [5.74, 6) is 1.29. The van der Waals surface area contributed by atoms with Gasteiger partial charge in [-0.25, -0.2) is 4.98 Å². The first kappa shape index (κ1) is 14.0. The van der Waals surface area contributed by atoms with E-state index in [4.69, 9.17) is 4.42 Å². The molecule has 0 atom stereocenters. The zero-order valence-corrected chi connectivity index (χ0v) is 13.0. The van der Waals surface area contributed by atoms with Crippen LogP contribution >= 0.6 is 0 Å². The van der Waals surface area contributed by atoms with Crippen molar-refractivity contribution < 1.29 is 9.21 Å². The number of carbonyl (C=O) groups is 1. The van der Waals surface area contributed by atoms with E-state index in [0.717, 1.165) is 46.6 Å². The Morgan fingerprint density at radius 2 is 2.09 bits per heavy atom. The maximum atomic E-state index is 12.2. The maximum absolute atomic E-state index is 12.2. The molecule has 3 aromatic rings. The molecule has 0 bridgehead atoms. The molecule has 1 heterocycles. The summed E-state index contributed by atoms with van der Waals surface area (Å²) in [6.07, 6.45) is 2.69. The summed E-state index contributed by atoms with van der Waals surface area (Å²) >= 11 is 0. The molecule has 116 valence electrons. The van der Waals surface area contributed by atoms with Gasteiger partial charge in [-0.2, -0.15) is 0 Å². The summed E-state index contributed by atoms with van der Waals surface area (Å²) in [6.45, 7) is 2.02. The van der Waals surface area contributed by atoms with E-state index >= 15 is 0 Å². The van der Waals surface area contributed by atoms with Gasteiger partial charge in [0.1, 0.15) is 5.52 Å². The topological polar surface area (TPSA) is 55.1 Å². The molecule has 1 N–H and O–H groups in total. The minimum atomic E-state index is -0.0236. The van der Waals surface area contributed by atoms with Gasteiger partial charge >= 0.3 is 0 Å². The van der Waals surface area contributed by atoms with Crippen molar-refractivity contribution in [1.29, 1.82) is 0 Å². The summed E-state index contributed by atoms with van der Waals surface area (Å²) in [5.41, 5.74) is 4.52. The molecular formula is C19H18N2O2. The normalized spacial score (nSPS) is 14.1. The Bertz CT molecular complexity index is 878. The molecule has 1 fully saturated rings. The fourth-order valence-corrected chi connectivity index (χ4v) is 2.71. The van der Waals surface area contributed by atoms with Gasteiger partial charge in [-0.3, -0.25) is 4.79 Å². The molecule has 0 saturated heterocycles. The Morgan fingerprint density at radius 3 is 2.87 bits per heavy atom. The number of hydrogen-bond donors (Lipinski definition) is 1. The van der Waals surface area contributed by atoms with E-state index in [9.17, 15) is 4.79 Å². The fourth-order valence-electron chi connectivity index (χ4n) is 2.71. The zero-order chi connectivity index (χ0) is 15.8. The second-order valence-corrected chi connectivity index (χ2v) is 6.16.